The first-order chi connectivity index (χ1) is 11.0. The zero-order valence-electron chi connectivity index (χ0n) is 13.5. The summed E-state index contributed by atoms with van der Waals surface area (Å²) in [6.07, 6.45) is 6.09. The standard InChI is InChI=1S/C18H23BrN2O2/c1-18(17(23)20-15-9-5-4-8-14(15)19)10-11-21(18)16(22)12-13-6-2-3-7-13/h4-5,8-9,13H,2-3,6-7,10-12H2,1H3,(H,20,23). The van der Waals surface area contributed by atoms with Gasteiger partial charge in [-0.15, -0.1) is 0 Å². The van der Waals surface area contributed by atoms with Crippen LogP contribution in [0.25, 0.3) is 0 Å². The summed E-state index contributed by atoms with van der Waals surface area (Å²) in [6, 6.07) is 7.53. The first-order valence-corrected chi connectivity index (χ1v) is 9.16. The molecule has 1 aliphatic carbocycles. The Labute approximate surface area is 145 Å². The average Bonchev–Trinajstić information content (AvgIpc) is 3.00. The van der Waals surface area contributed by atoms with Crippen LogP contribution in [0, 0.1) is 5.92 Å². The van der Waals surface area contributed by atoms with Crippen LogP contribution in [-0.4, -0.2) is 28.8 Å². The van der Waals surface area contributed by atoms with E-state index in [9.17, 15) is 9.59 Å². The number of nitrogens with one attached hydrogen (secondary N) is 1. The Morgan fingerprint density at radius 1 is 1.30 bits per heavy atom. The lowest BCUT2D eigenvalue weighted by Crippen LogP contribution is -2.66. The third kappa shape index (κ3) is 3.30. The van der Waals surface area contributed by atoms with Crippen LogP contribution in [0.2, 0.25) is 0 Å². The van der Waals surface area contributed by atoms with Gasteiger partial charge in [-0.2, -0.15) is 0 Å². The fourth-order valence-corrected chi connectivity index (χ4v) is 3.97. The summed E-state index contributed by atoms with van der Waals surface area (Å²) in [5.74, 6) is 0.544. The molecular formula is C18H23BrN2O2. The van der Waals surface area contributed by atoms with Crippen molar-refractivity contribution in [3.63, 3.8) is 0 Å². The molecule has 2 aliphatic rings. The average molecular weight is 379 g/mol. The van der Waals surface area contributed by atoms with Crippen LogP contribution < -0.4 is 5.32 Å². The Balaban J connectivity index is 1.64. The Morgan fingerprint density at radius 3 is 2.61 bits per heavy atom. The number of likely N-dealkylation sites (tertiary alicyclic amines) is 1. The molecule has 1 aromatic rings. The summed E-state index contributed by atoms with van der Waals surface area (Å²) in [7, 11) is 0. The first kappa shape index (κ1) is 16.5. The number of nitrogens with zero attached hydrogens (tertiary/aromatic N) is 1. The van der Waals surface area contributed by atoms with Crippen molar-refractivity contribution >= 4 is 33.4 Å². The van der Waals surface area contributed by atoms with Gasteiger partial charge in [0.05, 0.1) is 5.69 Å². The van der Waals surface area contributed by atoms with Crippen LogP contribution >= 0.6 is 15.9 Å². The quantitative estimate of drug-likeness (QED) is 0.861. The van der Waals surface area contributed by atoms with E-state index < -0.39 is 5.54 Å². The molecule has 0 spiro atoms. The molecule has 1 aromatic carbocycles. The van der Waals surface area contributed by atoms with E-state index in [4.69, 9.17) is 0 Å². The lowest BCUT2D eigenvalue weighted by molar-refractivity contribution is -0.155. The lowest BCUT2D eigenvalue weighted by atomic mass is 9.84. The van der Waals surface area contributed by atoms with E-state index in [1.165, 1.54) is 12.8 Å². The van der Waals surface area contributed by atoms with E-state index in [1.54, 1.807) is 4.90 Å². The second-order valence-electron chi connectivity index (χ2n) is 6.86. The second-order valence-corrected chi connectivity index (χ2v) is 7.71. The molecule has 5 heteroatoms. The maximum absolute atomic E-state index is 12.7. The van der Waals surface area contributed by atoms with Crippen LogP contribution in [0.4, 0.5) is 5.69 Å². The van der Waals surface area contributed by atoms with E-state index in [0.29, 0.717) is 18.9 Å². The monoisotopic (exact) mass is 378 g/mol. The SMILES string of the molecule is CC1(C(=O)Nc2ccccc2Br)CCN1C(=O)CC1CCCC1. The van der Waals surface area contributed by atoms with Gasteiger partial charge >= 0.3 is 0 Å². The summed E-state index contributed by atoms with van der Waals surface area (Å²) in [6.45, 7) is 2.56. The van der Waals surface area contributed by atoms with Crippen LogP contribution in [-0.2, 0) is 9.59 Å². The van der Waals surface area contributed by atoms with Gasteiger partial charge in [0, 0.05) is 17.4 Å². The van der Waals surface area contributed by atoms with Crippen molar-refractivity contribution in [1.29, 1.82) is 0 Å². The number of para-hydroxylation sites is 1. The van der Waals surface area contributed by atoms with Gasteiger partial charge < -0.3 is 10.2 Å². The number of carbonyl (C=O) groups excluding carboxylic acids is 2. The second kappa shape index (κ2) is 6.63. The smallest absolute Gasteiger partial charge is 0.250 e. The number of benzene rings is 1. The van der Waals surface area contributed by atoms with Gasteiger partial charge in [-0.1, -0.05) is 25.0 Å². The molecule has 23 heavy (non-hydrogen) atoms. The van der Waals surface area contributed by atoms with Gasteiger partial charge in [0.2, 0.25) is 11.8 Å². The molecule has 124 valence electrons. The molecule has 1 N–H and O–H groups in total. The molecule has 0 aromatic heterocycles. The summed E-state index contributed by atoms with van der Waals surface area (Å²) in [4.78, 5) is 27.0. The van der Waals surface area contributed by atoms with Crippen LogP contribution in [0.15, 0.2) is 28.7 Å². The van der Waals surface area contributed by atoms with E-state index >= 15 is 0 Å². The van der Waals surface area contributed by atoms with E-state index in [2.05, 4.69) is 21.2 Å². The van der Waals surface area contributed by atoms with Crippen molar-refractivity contribution < 1.29 is 9.59 Å². The predicted octanol–water partition coefficient (Wildman–Crippen LogP) is 3.96. The molecule has 1 heterocycles. The maximum atomic E-state index is 12.7. The maximum Gasteiger partial charge on any atom is 0.250 e. The van der Waals surface area contributed by atoms with Crippen molar-refractivity contribution in [1.82, 2.24) is 4.90 Å². The Morgan fingerprint density at radius 2 is 2.00 bits per heavy atom. The Hall–Kier alpha value is -1.36. The molecule has 1 unspecified atom stereocenters. The largest absolute Gasteiger partial charge is 0.328 e. The minimum absolute atomic E-state index is 0.101. The molecule has 2 fully saturated rings. The topological polar surface area (TPSA) is 49.4 Å². The third-order valence-electron chi connectivity index (χ3n) is 5.27. The highest BCUT2D eigenvalue weighted by Crippen LogP contribution is 2.35. The number of rotatable bonds is 4. The highest BCUT2D eigenvalue weighted by Gasteiger charge is 2.49. The minimum Gasteiger partial charge on any atom is -0.328 e. The molecule has 1 saturated carbocycles. The van der Waals surface area contributed by atoms with Crippen molar-refractivity contribution in [2.75, 3.05) is 11.9 Å². The number of hydrogen-bond donors (Lipinski definition) is 1. The van der Waals surface area contributed by atoms with Crippen molar-refractivity contribution in [3.8, 4) is 0 Å². The normalized spacial score (nSPS) is 24.3. The predicted molar refractivity (Wildman–Crippen MR) is 94.1 cm³/mol. The van der Waals surface area contributed by atoms with Crippen LogP contribution in [0.1, 0.15) is 45.4 Å². The zero-order valence-corrected chi connectivity index (χ0v) is 15.1. The van der Waals surface area contributed by atoms with Gasteiger partial charge in [0.25, 0.3) is 0 Å². The summed E-state index contributed by atoms with van der Waals surface area (Å²) in [5.41, 5.74) is 0.0270. The molecule has 2 amide bonds. The highest BCUT2D eigenvalue weighted by molar-refractivity contribution is 9.10. The molecule has 1 atom stereocenters. The first-order valence-electron chi connectivity index (χ1n) is 8.37. The van der Waals surface area contributed by atoms with Crippen molar-refractivity contribution in [3.05, 3.63) is 28.7 Å². The van der Waals surface area contributed by atoms with Crippen molar-refractivity contribution in [2.24, 2.45) is 5.92 Å². The molecule has 1 saturated heterocycles. The Kier molecular flexibility index (Phi) is 4.76. The lowest BCUT2D eigenvalue weighted by Gasteiger charge is -2.49. The summed E-state index contributed by atoms with van der Waals surface area (Å²) in [5, 5.41) is 2.95. The zero-order chi connectivity index (χ0) is 16.4. The number of hydrogen-bond acceptors (Lipinski definition) is 2. The number of anilines is 1. The van der Waals surface area contributed by atoms with Crippen LogP contribution in [0.5, 0.6) is 0 Å². The fourth-order valence-electron chi connectivity index (χ4n) is 3.59. The molecule has 3 rings (SSSR count). The number of carbonyl (C=O) groups is 2. The van der Waals surface area contributed by atoms with Gasteiger partial charge in [0.1, 0.15) is 5.54 Å². The van der Waals surface area contributed by atoms with E-state index in [0.717, 1.165) is 29.4 Å². The number of halogens is 1. The van der Waals surface area contributed by atoms with Gasteiger partial charge in [-0.05, 0) is 60.2 Å². The van der Waals surface area contributed by atoms with Crippen molar-refractivity contribution in [2.45, 2.75) is 51.0 Å². The van der Waals surface area contributed by atoms with E-state index in [1.807, 2.05) is 31.2 Å². The Bertz CT molecular complexity index is 613. The molecule has 1 aliphatic heterocycles. The van der Waals surface area contributed by atoms with Crippen LogP contribution in [0.3, 0.4) is 0 Å². The summed E-state index contributed by atoms with van der Waals surface area (Å²) < 4.78 is 0.847. The highest BCUT2D eigenvalue weighted by atomic mass is 79.9. The minimum atomic E-state index is -0.717. The van der Waals surface area contributed by atoms with Gasteiger partial charge in [-0.3, -0.25) is 9.59 Å². The fraction of sp³-hybridized carbons (Fsp3) is 0.556. The molecule has 0 bridgehead atoms. The molecule has 0 radical (unpaired) electrons. The molecule has 4 nitrogen and oxygen atoms in total. The van der Waals surface area contributed by atoms with Gasteiger partial charge in [-0.25, -0.2) is 0 Å². The number of amides is 2. The summed E-state index contributed by atoms with van der Waals surface area (Å²) >= 11 is 3.44. The molecular weight excluding hydrogens is 356 g/mol. The third-order valence-corrected chi connectivity index (χ3v) is 5.96. The van der Waals surface area contributed by atoms with Gasteiger partial charge in [0.15, 0.2) is 0 Å². The van der Waals surface area contributed by atoms with E-state index in [-0.39, 0.29) is 11.8 Å².